The van der Waals surface area contributed by atoms with Gasteiger partial charge in [-0.1, -0.05) is 51.1 Å². The number of Topliss-reactive ketones (excluding diaryl/α,β-unsaturated/α-hetero) is 2. The second kappa shape index (κ2) is 7.83. The lowest BCUT2D eigenvalue weighted by Crippen LogP contribution is -2.60. The highest BCUT2D eigenvalue weighted by atomic mass is 19.1. The molecule has 2 aromatic rings. The van der Waals surface area contributed by atoms with Crippen molar-refractivity contribution in [3.05, 3.63) is 59.4 Å². The molecule has 4 heteroatoms. The zero-order valence-corrected chi connectivity index (χ0v) is 17.8. The minimum Gasteiger partial charge on any atom is -0.354 e. The average molecular weight is 397 g/mol. The summed E-state index contributed by atoms with van der Waals surface area (Å²) in [5.41, 5.74) is 1.59. The number of benzene rings is 2. The maximum Gasteiger partial charge on any atom is 0.179 e. The number of halogens is 1. The zero-order chi connectivity index (χ0) is 21.4. The first-order valence-corrected chi connectivity index (χ1v) is 10.4. The van der Waals surface area contributed by atoms with Crippen molar-refractivity contribution in [1.29, 1.82) is 0 Å². The van der Waals surface area contributed by atoms with Crippen LogP contribution in [0.5, 0.6) is 0 Å². The highest BCUT2D eigenvalue weighted by Crippen LogP contribution is 2.43. The van der Waals surface area contributed by atoms with Gasteiger partial charge in [0.1, 0.15) is 22.9 Å². The maximum absolute atomic E-state index is 13.4. The van der Waals surface area contributed by atoms with E-state index in [9.17, 15) is 14.0 Å². The number of aryl methyl sites for hydroxylation is 1. The van der Waals surface area contributed by atoms with Gasteiger partial charge >= 0.3 is 0 Å². The Balaban J connectivity index is 2.11. The van der Waals surface area contributed by atoms with Gasteiger partial charge in [0.05, 0.1) is 0 Å². The Morgan fingerprint density at radius 1 is 0.862 bits per heavy atom. The Kier molecular flexibility index (Phi) is 5.77. The summed E-state index contributed by atoms with van der Waals surface area (Å²) in [6, 6.07) is 12.1. The standard InChI is InChI=1S/C25H29FO3/c1-6-16-15-18(17-9-12-19(26)13-10-17)11-14-20(16)21-22(27)24(4,7-2)29-25(5,8-3)23(21)28/h9-15,21H,6-8H2,1-5H3. The van der Waals surface area contributed by atoms with Gasteiger partial charge in [-0.05, 0) is 67.5 Å². The summed E-state index contributed by atoms with van der Waals surface area (Å²) < 4.78 is 19.3. The topological polar surface area (TPSA) is 43.4 Å². The molecule has 0 bridgehead atoms. The van der Waals surface area contributed by atoms with Crippen molar-refractivity contribution in [3.8, 4) is 11.1 Å². The number of hydrogen-bond acceptors (Lipinski definition) is 3. The fourth-order valence-corrected chi connectivity index (χ4v) is 4.12. The van der Waals surface area contributed by atoms with Crippen molar-refractivity contribution < 1.29 is 18.7 Å². The van der Waals surface area contributed by atoms with Gasteiger partial charge in [-0.15, -0.1) is 0 Å². The van der Waals surface area contributed by atoms with Crippen LogP contribution in [-0.2, 0) is 20.7 Å². The van der Waals surface area contributed by atoms with Crippen LogP contribution in [0.25, 0.3) is 11.1 Å². The summed E-state index contributed by atoms with van der Waals surface area (Å²) in [7, 11) is 0. The highest BCUT2D eigenvalue weighted by molar-refractivity contribution is 6.15. The molecule has 2 atom stereocenters. The van der Waals surface area contributed by atoms with Crippen molar-refractivity contribution >= 4 is 11.6 Å². The lowest BCUT2D eigenvalue weighted by Gasteiger charge is -2.45. The van der Waals surface area contributed by atoms with Crippen LogP contribution in [0.15, 0.2) is 42.5 Å². The van der Waals surface area contributed by atoms with Crippen molar-refractivity contribution in [2.24, 2.45) is 0 Å². The summed E-state index contributed by atoms with van der Waals surface area (Å²) >= 11 is 0. The van der Waals surface area contributed by atoms with Gasteiger partial charge in [-0.25, -0.2) is 4.39 Å². The van der Waals surface area contributed by atoms with E-state index in [0.717, 1.165) is 22.3 Å². The molecule has 0 saturated carbocycles. The minimum atomic E-state index is -0.982. The van der Waals surface area contributed by atoms with Crippen molar-refractivity contribution in [1.82, 2.24) is 0 Å². The molecular formula is C25H29FO3. The first-order chi connectivity index (χ1) is 13.7. The Hall–Kier alpha value is -2.33. The normalized spacial score (nSPS) is 27.3. The van der Waals surface area contributed by atoms with Gasteiger partial charge < -0.3 is 4.74 Å². The largest absolute Gasteiger partial charge is 0.354 e. The molecule has 1 heterocycles. The van der Waals surface area contributed by atoms with Gasteiger partial charge in [-0.2, -0.15) is 0 Å². The smallest absolute Gasteiger partial charge is 0.179 e. The number of hydrogen-bond donors (Lipinski definition) is 0. The molecule has 1 aliphatic heterocycles. The first-order valence-electron chi connectivity index (χ1n) is 10.4. The van der Waals surface area contributed by atoms with Crippen LogP contribution in [-0.4, -0.2) is 22.8 Å². The Labute approximate surface area is 172 Å². The van der Waals surface area contributed by atoms with E-state index in [-0.39, 0.29) is 17.4 Å². The summed E-state index contributed by atoms with van der Waals surface area (Å²) in [5.74, 6) is -1.44. The third-order valence-corrected chi connectivity index (χ3v) is 6.38. The van der Waals surface area contributed by atoms with E-state index in [4.69, 9.17) is 4.74 Å². The van der Waals surface area contributed by atoms with E-state index < -0.39 is 17.1 Å². The summed E-state index contributed by atoms with van der Waals surface area (Å²) in [4.78, 5) is 26.7. The molecule has 2 aromatic carbocycles. The van der Waals surface area contributed by atoms with E-state index in [1.165, 1.54) is 12.1 Å². The van der Waals surface area contributed by atoms with E-state index in [0.29, 0.717) is 19.3 Å². The molecule has 0 radical (unpaired) electrons. The van der Waals surface area contributed by atoms with Crippen LogP contribution >= 0.6 is 0 Å². The molecule has 1 fully saturated rings. The summed E-state index contributed by atoms with van der Waals surface area (Å²) in [6.45, 7) is 9.43. The molecule has 0 amide bonds. The molecule has 3 nitrogen and oxygen atoms in total. The van der Waals surface area contributed by atoms with Gasteiger partial charge in [0, 0.05) is 0 Å². The Bertz CT molecular complexity index is 906. The Morgan fingerprint density at radius 2 is 1.38 bits per heavy atom. The van der Waals surface area contributed by atoms with Crippen molar-refractivity contribution in [2.75, 3.05) is 0 Å². The van der Waals surface area contributed by atoms with Crippen molar-refractivity contribution in [3.63, 3.8) is 0 Å². The number of ketones is 2. The molecule has 0 aliphatic carbocycles. The lowest BCUT2D eigenvalue weighted by atomic mass is 9.71. The first kappa shape index (κ1) is 21.4. The predicted octanol–water partition coefficient (Wildman–Crippen LogP) is 5.64. The fraction of sp³-hybridized carbons (Fsp3) is 0.440. The van der Waals surface area contributed by atoms with Crippen LogP contribution in [0, 0.1) is 5.82 Å². The molecule has 1 saturated heterocycles. The molecule has 0 spiro atoms. The number of carbonyl (C=O) groups excluding carboxylic acids is 2. The van der Waals surface area contributed by atoms with Gasteiger partial charge in [0.15, 0.2) is 11.6 Å². The molecule has 154 valence electrons. The molecular weight excluding hydrogens is 367 g/mol. The summed E-state index contributed by atoms with van der Waals surface area (Å²) in [6.07, 6.45) is 1.72. The van der Waals surface area contributed by atoms with Crippen LogP contribution in [0.4, 0.5) is 4.39 Å². The van der Waals surface area contributed by atoms with Gasteiger partial charge in [0.2, 0.25) is 0 Å². The SMILES string of the molecule is CCc1cc(-c2ccc(F)cc2)ccc1C1C(=O)C(C)(CC)OC(C)(CC)C1=O. The van der Waals surface area contributed by atoms with E-state index in [1.54, 1.807) is 26.0 Å². The van der Waals surface area contributed by atoms with Gasteiger partial charge in [0.25, 0.3) is 0 Å². The number of ether oxygens (including phenoxy) is 1. The zero-order valence-electron chi connectivity index (χ0n) is 17.8. The molecule has 0 aromatic heterocycles. The molecule has 2 unspecified atom stereocenters. The third-order valence-electron chi connectivity index (χ3n) is 6.38. The van der Waals surface area contributed by atoms with Crippen molar-refractivity contribution in [2.45, 2.75) is 71.0 Å². The van der Waals surface area contributed by atoms with E-state index >= 15 is 0 Å². The van der Waals surface area contributed by atoms with Crippen LogP contribution < -0.4 is 0 Å². The Morgan fingerprint density at radius 3 is 1.86 bits per heavy atom. The van der Waals surface area contributed by atoms with Crippen LogP contribution in [0.1, 0.15) is 64.5 Å². The molecule has 1 aliphatic rings. The fourth-order valence-electron chi connectivity index (χ4n) is 4.12. The predicted molar refractivity (Wildman–Crippen MR) is 112 cm³/mol. The molecule has 29 heavy (non-hydrogen) atoms. The third kappa shape index (κ3) is 3.66. The molecule has 0 N–H and O–H groups in total. The lowest BCUT2D eigenvalue weighted by molar-refractivity contribution is -0.192. The highest BCUT2D eigenvalue weighted by Gasteiger charge is 2.55. The monoisotopic (exact) mass is 396 g/mol. The average Bonchev–Trinajstić information content (AvgIpc) is 2.73. The second-order valence-electron chi connectivity index (χ2n) is 8.21. The van der Waals surface area contributed by atoms with E-state index in [1.807, 2.05) is 39.0 Å². The number of rotatable bonds is 5. The second-order valence-corrected chi connectivity index (χ2v) is 8.21. The molecule has 3 rings (SSSR count). The van der Waals surface area contributed by atoms with Crippen LogP contribution in [0.3, 0.4) is 0 Å². The maximum atomic E-state index is 13.4. The van der Waals surface area contributed by atoms with Crippen LogP contribution in [0.2, 0.25) is 0 Å². The van der Waals surface area contributed by atoms with E-state index in [2.05, 4.69) is 0 Å². The minimum absolute atomic E-state index is 0.167. The van der Waals surface area contributed by atoms with Gasteiger partial charge in [-0.3, -0.25) is 9.59 Å². The number of carbonyl (C=O) groups is 2. The summed E-state index contributed by atoms with van der Waals surface area (Å²) in [5, 5.41) is 0. The quantitative estimate of drug-likeness (QED) is 0.614.